The highest BCUT2D eigenvalue weighted by atomic mass is 16.5. The Labute approximate surface area is 165 Å². The van der Waals surface area contributed by atoms with E-state index in [0.717, 1.165) is 41.9 Å². The summed E-state index contributed by atoms with van der Waals surface area (Å²) in [5.74, 6) is 1.66. The Bertz CT molecular complexity index is 873. The van der Waals surface area contributed by atoms with Gasteiger partial charge in [-0.3, -0.25) is 9.59 Å². The van der Waals surface area contributed by atoms with Crippen LogP contribution in [0.5, 0.6) is 11.5 Å². The van der Waals surface area contributed by atoms with Crippen molar-refractivity contribution in [3.63, 3.8) is 0 Å². The van der Waals surface area contributed by atoms with Crippen molar-refractivity contribution in [3.8, 4) is 11.5 Å². The van der Waals surface area contributed by atoms with Gasteiger partial charge < -0.3 is 14.4 Å². The van der Waals surface area contributed by atoms with Gasteiger partial charge in [-0.15, -0.1) is 0 Å². The molecule has 1 unspecified atom stereocenters. The predicted molar refractivity (Wildman–Crippen MR) is 107 cm³/mol. The van der Waals surface area contributed by atoms with Gasteiger partial charge in [0, 0.05) is 30.1 Å². The molecule has 1 saturated carbocycles. The zero-order valence-electron chi connectivity index (χ0n) is 16.1. The van der Waals surface area contributed by atoms with Gasteiger partial charge in [-0.05, 0) is 55.5 Å². The van der Waals surface area contributed by atoms with Crippen LogP contribution < -0.4 is 14.4 Å². The molecule has 146 valence electrons. The zero-order valence-corrected chi connectivity index (χ0v) is 16.1. The molecule has 1 saturated heterocycles. The second-order valence-corrected chi connectivity index (χ2v) is 7.55. The molecule has 5 heteroatoms. The summed E-state index contributed by atoms with van der Waals surface area (Å²) in [5.41, 5.74) is 2.43. The predicted octanol–water partition coefficient (Wildman–Crippen LogP) is 4.35. The largest absolute Gasteiger partial charge is 0.493 e. The number of hydrogen-bond donors (Lipinski definition) is 0. The third-order valence-electron chi connectivity index (χ3n) is 5.70. The summed E-state index contributed by atoms with van der Waals surface area (Å²) in [6.45, 7) is 0.594. The number of carbonyl (C=O) groups is 2. The van der Waals surface area contributed by atoms with Gasteiger partial charge >= 0.3 is 0 Å². The molecule has 5 nitrogen and oxygen atoms in total. The van der Waals surface area contributed by atoms with Crippen LogP contribution in [0.25, 0.3) is 0 Å². The summed E-state index contributed by atoms with van der Waals surface area (Å²) in [5, 5.41) is 0. The van der Waals surface area contributed by atoms with Gasteiger partial charge in [-0.1, -0.05) is 18.2 Å². The van der Waals surface area contributed by atoms with Gasteiger partial charge in [0.05, 0.1) is 13.2 Å². The molecule has 2 aromatic carbocycles. The molecule has 1 heterocycles. The van der Waals surface area contributed by atoms with Crippen LogP contribution in [-0.2, 0) is 4.79 Å². The Morgan fingerprint density at radius 2 is 1.89 bits per heavy atom. The molecular weight excluding hydrogens is 354 g/mol. The first kappa shape index (κ1) is 18.5. The first-order chi connectivity index (χ1) is 13.7. The number of methoxy groups -OCH3 is 1. The van der Waals surface area contributed by atoms with Crippen LogP contribution in [0.2, 0.25) is 0 Å². The van der Waals surface area contributed by atoms with Gasteiger partial charge in [0.15, 0.2) is 11.5 Å². The number of aldehydes is 1. The zero-order chi connectivity index (χ0) is 19.5. The lowest BCUT2D eigenvalue weighted by Gasteiger charge is -2.19. The second-order valence-electron chi connectivity index (χ2n) is 7.55. The van der Waals surface area contributed by atoms with Crippen molar-refractivity contribution in [1.29, 1.82) is 0 Å². The van der Waals surface area contributed by atoms with E-state index < -0.39 is 0 Å². The quantitative estimate of drug-likeness (QED) is 0.700. The van der Waals surface area contributed by atoms with Crippen molar-refractivity contribution in [2.45, 2.75) is 44.1 Å². The van der Waals surface area contributed by atoms with E-state index in [1.807, 2.05) is 24.3 Å². The lowest BCUT2D eigenvalue weighted by Crippen LogP contribution is -2.24. The second kappa shape index (κ2) is 8.05. The fourth-order valence-electron chi connectivity index (χ4n) is 4.17. The average Bonchev–Trinajstić information content (AvgIpc) is 3.37. The van der Waals surface area contributed by atoms with Gasteiger partial charge in [-0.2, -0.15) is 0 Å². The van der Waals surface area contributed by atoms with E-state index in [4.69, 9.17) is 9.47 Å². The third kappa shape index (κ3) is 3.75. The van der Waals surface area contributed by atoms with Crippen LogP contribution in [0.4, 0.5) is 5.69 Å². The minimum absolute atomic E-state index is 0.0714. The summed E-state index contributed by atoms with van der Waals surface area (Å²) in [4.78, 5) is 25.4. The Morgan fingerprint density at radius 3 is 2.64 bits per heavy atom. The maximum absolute atomic E-state index is 12.6. The van der Waals surface area contributed by atoms with E-state index in [9.17, 15) is 9.59 Å². The SMILES string of the molecule is COc1ccc(C2CC(=O)N(c3cccc(C=O)c3)C2)cc1OC1CCCC1. The van der Waals surface area contributed by atoms with Crippen LogP contribution >= 0.6 is 0 Å². The summed E-state index contributed by atoms with van der Waals surface area (Å²) in [6.07, 6.45) is 6.07. The highest BCUT2D eigenvalue weighted by Crippen LogP contribution is 2.38. The lowest BCUT2D eigenvalue weighted by molar-refractivity contribution is -0.117. The van der Waals surface area contributed by atoms with Crippen LogP contribution in [0.3, 0.4) is 0 Å². The smallest absolute Gasteiger partial charge is 0.227 e. The van der Waals surface area contributed by atoms with Gasteiger partial charge in [0.1, 0.15) is 6.29 Å². The monoisotopic (exact) mass is 379 g/mol. The number of amides is 1. The standard InChI is InChI=1S/C23H25NO4/c1-27-21-10-9-17(12-22(21)28-20-7-2-3-8-20)18-13-23(26)24(14-18)19-6-4-5-16(11-19)15-25/h4-6,9-12,15,18,20H,2-3,7-8,13-14H2,1H3. The molecule has 1 aliphatic heterocycles. The van der Waals surface area contributed by atoms with Crippen molar-refractivity contribution in [3.05, 3.63) is 53.6 Å². The molecule has 0 spiro atoms. The summed E-state index contributed by atoms with van der Waals surface area (Å²) < 4.78 is 11.7. The van der Waals surface area contributed by atoms with E-state index >= 15 is 0 Å². The Kier molecular flexibility index (Phi) is 5.33. The van der Waals surface area contributed by atoms with Crippen molar-refractivity contribution >= 4 is 17.9 Å². The molecule has 2 aromatic rings. The van der Waals surface area contributed by atoms with Gasteiger partial charge in [-0.25, -0.2) is 0 Å². The highest BCUT2D eigenvalue weighted by molar-refractivity contribution is 5.97. The van der Waals surface area contributed by atoms with Gasteiger partial charge in [0.25, 0.3) is 0 Å². The molecule has 0 radical (unpaired) electrons. The van der Waals surface area contributed by atoms with Crippen molar-refractivity contribution < 1.29 is 19.1 Å². The summed E-state index contributed by atoms with van der Waals surface area (Å²) in [6, 6.07) is 13.2. The summed E-state index contributed by atoms with van der Waals surface area (Å²) in [7, 11) is 1.65. The van der Waals surface area contributed by atoms with Crippen LogP contribution in [0, 0.1) is 0 Å². The number of rotatable bonds is 6. The minimum Gasteiger partial charge on any atom is -0.493 e. The maximum atomic E-state index is 12.6. The number of nitrogens with zero attached hydrogens (tertiary/aromatic N) is 1. The van der Waals surface area contributed by atoms with Crippen LogP contribution in [0.15, 0.2) is 42.5 Å². The molecule has 0 N–H and O–H groups in total. The normalized spacial score (nSPS) is 19.8. The van der Waals surface area contributed by atoms with E-state index in [2.05, 4.69) is 0 Å². The molecule has 2 aliphatic rings. The molecule has 1 aliphatic carbocycles. The van der Waals surface area contributed by atoms with Crippen LogP contribution in [-0.4, -0.2) is 32.0 Å². The maximum Gasteiger partial charge on any atom is 0.227 e. The number of anilines is 1. The van der Waals surface area contributed by atoms with E-state index in [1.54, 1.807) is 30.2 Å². The minimum atomic E-state index is 0.0714. The van der Waals surface area contributed by atoms with E-state index in [-0.39, 0.29) is 17.9 Å². The topological polar surface area (TPSA) is 55.8 Å². The Hall–Kier alpha value is -2.82. The van der Waals surface area contributed by atoms with Crippen LogP contribution in [0.1, 0.15) is 53.9 Å². The first-order valence-corrected chi connectivity index (χ1v) is 9.88. The number of ether oxygens (including phenoxy) is 2. The molecule has 2 fully saturated rings. The molecule has 0 aromatic heterocycles. The fourth-order valence-corrected chi connectivity index (χ4v) is 4.17. The fraction of sp³-hybridized carbons (Fsp3) is 0.391. The molecule has 1 atom stereocenters. The Morgan fingerprint density at radius 1 is 1.07 bits per heavy atom. The Balaban J connectivity index is 1.55. The van der Waals surface area contributed by atoms with E-state index in [0.29, 0.717) is 18.5 Å². The first-order valence-electron chi connectivity index (χ1n) is 9.88. The molecule has 0 bridgehead atoms. The lowest BCUT2D eigenvalue weighted by atomic mass is 9.98. The van der Waals surface area contributed by atoms with E-state index in [1.165, 1.54) is 12.8 Å². The molecule has 28 heavy (non-hydrogen) atoms. The molecular formula is C23H25NO4. The van der Waals surface area contributed by atoms with Gasteiger partial charge in [0.2, 0.25) is 5.91 Å². The molecule has 1 amide bonds. The highest BCUT2D eigenvalue weighted by Gasteiger charge is 2.32. The van der Waals surface area contributed by atoms with Crippen molar-refractivity contribution in [2.24, 2.45) is 0 Å². The number of benzene rings is 2. The molecule has 4 rings (SSSR count). The van der Waals surface area contributed by atoms with Crippen molar-refractivity contribution in [1.82, 2.24) is 0 Å². The average molecular weight is 379 g/mol. The van der Waals surface area contributed by atoms with Crippen molar-refractivity contribution in [2.75, 3.05) is 18.6 Å². The number of hydrogen-bond acceptors (Lipinski definition) is 4. The third-order valence-corrected chi connectivity index (χ3v) is 5.70. The summed E-state index contributed by atoms with van der Waals surface area (Å²) >= 11 is 0. The number of carbonyl (C=O) groups excluding carboxylic acids is 2.